The third-order valence-corrected chi connectivity index (χ3v) is 3.15. The summed E-state index contributed by atoms with van der Waals surface area (Å²) in [6.07, 6.45) is -0.790. The van der Waals surface area contributed by atoms with Crippen molar-refractivity contribution in [3.63, 3.8) is 0 Å². The monoisotopic (exact) mass is 349 g/mol. The number of hydrogen-bond acceptors (Lipinski definition) is 3. The first kappa shape index (κ1) is 15.8. The lowest BCUT2D eigenvalue weighted by Crippen LogP contribution is -2.40. The Hall–Kier alpha value is -1.27. The van der Waals surface area contributed by atoms with Crippen LogP contribution in [0.5, 0.6) is 5.75 Å². The van der Waals surface area contributed by atoms with E-state index in [-0.39, 0.29) is 6.54 Å². The Morgan fingerprint density at radius 2 is 2.16 bits per heavy atom. The van der Waals surface area contributed by atoms with Crippen LogP contribution in [0, 0.1) is 0 Å². The Balaban J connectivity index is 2.70. The first-order valence-electron chi connectivity index (χ1n) is 5.39. The van der Waals surface area contributed by atoms with Crippen molar-refractivity contribution >= 4 is 39.4 Å². The van der Waals surface area contributed by atoms with Gasteiger partial charge in [-0.25, -0.2) is 0 Å². The zero-order valence-corrected chi connectivity index (χ0v) is 12.7. The molecule has 19 heavy (non-hydrogen) atoms. The summed E-state index contributed by atoms with van der Waals surface area (Å²) < 4.78 is 6.10. The van der Waals surface area contributed by atoms with Gasteiger partial charge in [-0.05, 0) is 41.1 Å². The maximum Gasteiger partial charge on any atom is 0.323 e. The molecule has 104 valence electrons. The van der Waals surface area contributed by atoms with E-state index in [0.29, 0.717) is 15.2 Å². The fourth-order valence-electron chi connectivity index (χ4n) is 1.40. The van der Waals surface area contributed by atoms with Crippen molar-refractivity contribution in [2.24, 2.45) is 0 Å². The van der Waals surface area contributed by atoms with Gasteiger partial charge in [-0.15, -0.1) is 0 Å². The minimum atomic E-state index is -1.07. The fourth-order valence-corrected chi connectivity index (χ4v) is 2.18. The second-order valence-corrected chi connectivity index (χ2v) is 5.21. The zero-order chi connectivity index (χ0) is 14.6. The topological polar surface area (TPSA) is 66.8 Å². The predicted octanol–water partition coefficient (Wildman–Crippen LogP) is 2.41. The van der Waals surface area contributed by atoms with Gasteiger partial charge in [-0.2, -0.15) is 0 Å². The van der Waals surface area contributed by atoms with E-state index in [0.717, 1.165) is 4.90 Å². The zero-order valence-electron chi connectivity index (χ0n) is 10.4. The Morgan fingerprint density at radius 3 is 2.68 bits per heavy atom. The van der Waals surface area contributed by atoms with Crippen molar-refractivity contribution in [3.8, 4) is 5.75 Å². The van der Waals surface area contributed by atoms with Gasteiger partial charge in [0.1, 0.15) is 12.3 Å². The summed E-state index contributed by atoms with van der Waals surface area (Å²) >= 11 is 9.07. The normalized spacial score (nSPS) is 11.8. The van der Waals surface area contributed by atoms with Crippen LogP contribution in [0.15, 0.2) is 22.7 Å². The second kappa shape index (κ2) is 6.77. The lowest BCUT2D eigenvalue weighted by molar-refractivity contribution is -0.146. The molecule has 0 radical (unpaired) electrons. The van der Waals surface area contributed by atoms with Gasteiger partial charge in [0.25, 0.3) is 5.91 Å². The molecule has 1 atom stereocenters. The lowest BCUT2D eigenvalue weighted by atomic mass is 10.3. The number of carboxylic acid groups (broad SMARTS) is 1. The first-order valence-corrected chi connectivity index (χ1v) is 6.57. The molecule has 1 rings (SSSR count). The molecule has 1 amide bonds. The molecule has 0 aliphatic rings. The van der Waals surface area contributed by atoms with Gasteiger partial charge in [-0.1, -0.05) is 11.6 Å². The highest BCUT2D eigenvalue weighted by atomic mass is 79.9. The molecule has 1 aromatic rings. The molecule has 0 aliphatic heterocycles. The van der Waals surface area contributed by atoms with Crippen LogP contribution in [-0.4, -0.2) is 41.6 Å². The van der Waals surface area contributed by atoms with Crippen molar-refractivity contribution in [1.82, 2.24) is 4.90 Å². The molecule has 0 saturated carbocycles. The number of carbonyl (C=O) groups is 2. The number of ether oxygens (including phenoxy) is 1. The SMILES string of the molecule is CC(Oc1ccc(Cl)cc1Br)C(=O)N(C)CC(=O)O. The number of rotatable bonds is 5. The molecule has 1 unspecified atom stereocenters. The predicted molar refractivity (Wildman–Crippen MR) is 74.5 cm³/mol. The molecule has 1 aromatic carbocycles. The van der Waals surface area contributed by atoms with Crippen LogP contribution in [0.1, 0.15) is 6.92 Å². The highest BCUT2D eigenvalue weighted by Gasteiger charge is 2.21. The molecular formula is C12H13BrClNO4. The van der Waals surface area contributed by atoms with Gasteiger partial charge in [0.15, 0.2) is 6.10 Å². The summed E-state index contributed by atoms with van der Waals surface area (Å²) in [5.74, 6) is -1.02. The van der Waals surface area contributed by atoms with Crippen LogP contribution >= 0.6 is 27.5 Å². The minimum absolute atomic E-state index is 0.367. The van der Waals surface area contributed by atoms with E-state index in [1.54, 1.807) is 25.1 Å². The average molecular weight is 351 g/mol. The van der Waals surface area contributed by atoms with E-state index >= 15 is 0 Å². The molecule has 0 spiro atoms. The molecule has 5 nitrogen and oxygen atoms in total. The van der Waals surface area contributed by atoms with E-state index in [4.69, 9.17) is 21.4 Å². The van der Waals surface area contributed by atoms with E-state index in [1.165, 1.54) is 7.05 Å². The molecule has 0 bridgehead atoms. The molecule has 0 fully saturated rings. The van der Waals surface area contributed by atoms with Gasteiger partial charge in [-0.3, -0.25) is 9.59 Å². The van der Waals surface area contributed by atoms with E-state index < -0.39 is 18.0 Å². The van der Waals surface area contributed by atoms with Crippen molar-refractivity contribution in [2.75, 3.05) is 13.6 Å². The Labute approximate surface area is 124 Å². The quantitative estimate of drug-likeness (QED) is 0.885. The molecule has 1 N–H and O–H groups in total. The van der Waals surface area contributed by atoms with Crippen LogP contribution in [0.4, 0.5) is 0 Å². The van der Waals surface area contributed by atoms with Gasteiger partial charge in [0.2, 0.25) is 0 Å². The van der Waals surface area contributed by atoms with Gasteiger partial charge in [0, 0.05) is 12.1 Å². The summed E-state index contributed by atoms with van der Waals surface area (Å²) in [5, 5.41) is 9.16. The van der Waals surface area contributed by atoms with Gasteiger partial charge in [0.05, 0.1) is 4.47 Å². The average Bonchev–Trinajstić information content (AvgIpc) is 2.30. The highest BCUT2D eigenvalue weighted by Crippen LogP contribution is 2.28. The highest BCUT2D eigenvalue weighted by molar-refractivity contribution is 9.10. The van der Waals surface area contributed by atoms with Crippen molar-refractivity contribution in [1.29, 1.82) is 0 Å². The number of hydrogen-bond donors (Lipinski definition) is 1. The fraction of sp³-hybridized carbons (Fsp3) is 0.333. The Morgan fingerprint density at radius 1 is 1.53 bits per heavy atom. The molecule has 0 heterocycles. The molecule has 0 saturated heterocycles. The van der Waals surface area contributed by atoms with Crippen LogP contribution in [0.2, 0.25) is 5.02 Å². The number of aliphatic carboxylic acids is 1. The van der Waals surface area contributed by atoms with E-state index in [1.807, 2.05) is 0 Å². The summed E-state index contributed by atoms with van der Waals surface area (Å²) in [6.45, 7) is 1.19. The summed E-state index contributed by atoms with van der Waals surface area (Å²) in [5.41, 5.74) is 0. The summed E-state index contributed by atoms with van der Waals surface area (Å²) in [4.78, 5) is 23.5. The van der Waals surface area contributed by atoms with Crippen LogP contribution in [0.3, 0.4) is 0 Å². The van der Waals surface area contributed by atoms with Crippen molar-refractivity contribution in [2.45, 2.75) is 13.0 Å². The molecule has 0 aromatic heterocycles. The van der Waals surface area contributed by atoms with Crippen LogP contribution in [-0.2, 0) is 9.59 Å². The Kier molecular flexibility index (Phi) is 5.62. The van der Waals surface area contributed by atoms with Crippen LogP contribution < -0.4 is 4.74 Å². The Bertz CT molecular complexity index is 495. The largest absolute Gasteiger partial charge is 0.480 e. The molecular weight excluding hydrogens is 337 g/mol. The maximum atomic E-state index is 11.9. The van der Waals surface area contributed by atoms with Crippen molar-refractivity contribution in [3.05, 3.63) is 27.7 Å². The van der Waals surface area contributed by atoms with Crippen LogP contribution in [0.25, 0.3) is 0 Å². The van der Waals surface area contributed by atoms with Crippen molar-refractivity contribution < 1.29 is 19.4 Å². The van der Waals surface area contributed by atoms with E-state index in [2.05, 4.69) is 15.9 Å². The second-order valence-electron chi connectivity index (χ2n) is 3.92. The van der Waals surface area contributed by atoms with Gasteiger partial charge < -0.3 is 14.7 Å². The first-order chi connectivity index (χ1) is 8.81. The molecule has 7 heteroatoms. The van der Waals surface area contributed by atoms with Gasteiger partial charge >= 0.3 is 5.97 Å². The lowest BCUT2D eigenvalue weighted by Gasteiger charge is -2.21. The maximum absolute atomic E-state index is 11.9. The minimum Gasteiger partial charge on any atom is -0.480 e. The third-order valence-electron chi connectivity index (χ3n) is 2.29. The number of likely N-dealkylation sites (N-methyl/N-ethyl adjacent to an activating group) is 1. The number of halogens is 2. The molecule has 0 aliphatic carbocycles. The third kappa shape index (κ3) is 4.72. The number of benzene rings is 1. The van der Waals surface area contributed by atoms with E-state index in [9.17, 15) is 9.59 Å². The smallest absolute Gasteiger partial charge is 0.323 e. The summed E-state index contributed by atoms with van der Waals surface area (Å²) in [6, 6.07) is 4.92. The number of nitrogens with zero attached hydrogens (tertiary/aromatic N) is 1. The number of amides is 1. The number of carboxylic acids is 1. The summed E-state index contributed by atoms with van der Waals surface area (Å²) in [7, 11) is 1.41. The standard InChI is InChI=1S/C12H13BrClNO4/c1-7(12(18)15(2)6-11(16)17)19-10-4-3-8(14)5-9(10)13/h3-5,7H,6H2,1-2H3,(H,16,17). The number of carbonyl (C=O) groups excluding carboxylic acids is 1.